The highest BCUT2D eigenvalue weighted by atomic mass is 32.2. The molecule has 2 aromatic carbocycles. The molecular weight excluding hydrogens is 430 g/mol. The number of hydrogen-bond donors (Lipinski definition) is 2. The fourth-order valence-electron chi connectivity index (χ4n) is 4.74. The summed E-state index contributed by atoms with van der Waals surface area (Å²) in [6.07, 6.45) is 4.09. The van der Waals surface area contributed by atoms with Crippen molar-refractivity contribution in [1.29, 1.82) is 0 Å². The Labute approximate surface area is 196 Å². The predicted molar refractivity (Wildman–Crippen MR) is 133 cm³/mol. The number of nitrogens with zero attached hydrogens (tertiary/aromatic N) is 3. The number of carbonyl (C=O) groups excluding carboxylic acids is 1. The number of nitrogens with one attached hydrogen (secondary N) is 2. The van der Waals surface area contributed by atoms with Crippen LogP contribution in [0.15, 0.2) is 64.4 Å². The van der Waals surface area contributed by atoms with E-state index in [4.69, 9.17) is 4.98 Å². The van der Waals surface area contributed by atoms with Gasteiger partial charge in [0.25, 0.3) is 5.91 Å². The van der Waals surface area contributed by atoms with Crippen molar-refractivity contribution in [3.05, 3.63) is 70.9 Å². The number of aromatic amines is 1. The molecule has 4 heterocycles. The van der Waals surface area contributed by atoms with E-state index in [1.54, 1.807) is 0 Å². The molecule has 4 aromatic rings. The number of piperidine rings is 1. The van der Waals surface area contributed by atoms with Gasteiger partial charge in [-0.1, -0.05) is 42.1 Å². The number of aromatic nitrogens is 3. The minimum atomic E-state index is 0.0000429. The lowest BCUT2D eigenvalue weighted by molar-refractivity contribution is -0.117. The Morgan fingerprint density at radius 3 is 2.82 bits per heavy atom. The molecule has 2 aliphatic heterocycles. The van der Waals surface area contributed by atoms with Gasteiger partial charge in [0.15, 0.2) is 0 Å². The maximum absolute atomic E-state index is 12.9. The number of rotatable bonds is 5. The van der Waals surface area contributed by atoms with Crippen LogP contribution >= 0.6 is 11.8 Å². The molecule has 0 radical (unpaired) electrons. The van der Waals surface area contributed by atoms with Crippen LogP contribution in [0.2, 0.25) is 0 Å². The van der Waals surface area contributed by atoms with Crippen LogP contribution in [-0.4, -0.2) is 45.6 Å². The monoisotopic (exact) mass is 455 g/mol. The fourth-order valence-corrected chi connectivity index (χ4v) is 5.78. The Morgan fingerprint density at radius 2 is 1.91 bits per heavy atom. The standard InChI is InChI=1S/C26H25N5OS/c32-26(24-14-22-25-21(29-30-22)6-3-7-23(25)33-24)27-15-17-10-12-31(13-11-17)16-19-9-8-18-4-1-2-5-20(18)28-19/h1-9,14,17H,10-13,15-16H2,(H,27,32)(H,29,30). The first-order valence-corrected chi connectivity index (χ1v) is 12.3. The molecule has 2 N–H and O–H groups in total. The Balaban J connectivity index is 1.02. The molecular formula is C26H25N5OS. The first-order valence-electron chi connectivity index (χ1n) is 11.4. The molecule has 2 aliphatic rings. The molecule has 6 nitrogen and oxygen atoms in total. The summed E-state index contributed by atoms with van der Waals surface area (Å²) in [5, 5.41) is 12.8. The quantitative estimate of drug-likeness (QED) is 0.461. The number of benzene rings is 2. The van der Waals surface area contributed by atoms with Crippen LogP contribution in [0, 0.1) is 5.92 Å². The van der Waals surface area contributed by atoms with E-state index in [0.717, 1.165) is 76.6 Å². The highest BCUT2D eigenvalue weighted by Crippen LogP contribution is 2.39. The van der Waals surface area contributed by atoms with Gasteiger partial charge in [-0.25, -0.2) is 0 Å². The molecule has 0 bridgehead atoms. The van der Waals surface area contributed by atoms with E-state index in [1.807, 2.05) is 36.4 Å². The molecule has 33 heavy (non-hydrogen) atoms. The van der Waals surface area contributed by atoms with Crippen LogP contribution in [0.4, 0.5) is 0 Å². The Kier molecular flexibility index (Phi) is 5.36. The van der Waals surface area contributed by atoms with Gasteiger partial charge in [0.2, 0.25) is 0 Å². The second-order valence-corrected chi connectivity index (χ2v) is 9.91. The normalized spacial score (nSPS) is 16.8. The third-order valence-corrected chi connectivity index (χ3v) is 7.67. The topological polar surface area (TPSA) is 73.9 Å². The van der Waals surface area contributed by atoms with Crippen LogP contribution in [0.25, 0.3) is 27.9 Å². The maximum atomic E-state index is 12.9. The summed E-state index contributed by atoms with van der Waals surface area (Å²) in [6.45, 7) is 3.67. The molecule has 0 aliphatic carbocycles. The number of H-pyrrole nitrogens is 1. The molecule has 0 unspecified atom stereocenters. The minimum Gasteiger partial charge on any atom is -0.351 e. The molecule has 1 saturated heterocycles. The van der Waals surface area contributed by atoms with E-state index < -0.39 is 0 Å². The predicted octanol–water partition coefficient (Wildman–Crippen LogP) is 4.59. The van der Waals surface area contributed by atoms with Gasteiger partial charge in [0.05, 0.1) is 27.3 Å². The lowest BCUT2D eigenvalue weighted by atomic mass is 9.96. The first-order chi connectivity index (χ1) is 16.2. The maximum Gasteiger partial charge on any atom is 0.258 e. The van der Waals surface area contributed by atoms with Crippen molar-refractivity contribution in [2.45, 2.75) is 24.3 Å². The van der Waals surface area contributed by atoms with Crippen LogP contribution in [0.1, 0.15) is 24.2 Å². The average molecular weight is 456 g/mol. The number of para-hydroxylation sites is 1. The molecule has 6 rings (SSSR count). The van der Waals surface area contributed by atoms with Gasteiger partial charge in [-0.15, -0.1) is 0 Å². The summed E-state index contributed by atoms with van der Waals surface area (Å²) in [6, 6.07) is 18.6. The van der Waals surface area contributed by atoms with Crippen LogP contribution in [-0.2, 0) is 11.3 Å². The van der Waals surface area contributed by atoms with Crippen molar-refractivity contribution in [1.82, 2.24) is 25.4 Å². The lowest BCUT2D eigenvalue weighted by Crippen LogP contribution is -2.38. The molecule has 0 atom stereocenters. The summed E-state index contributed by atoms with van der Waals surface area (Å²) >= 11 is 1.53. The van der Waals surface area contributed by atoms with Crippen molar-refractivity contribution in [3.63, 3.8) is 0 Å². The summed E-state index contributed by atoms with van der Waals surface area (Å²) in [4.78, 5) is 21.9. The number of pyridine rings is 1. The van der Waals surface area contributed by atoms with E-state index in [1.165, 1.54) is 17.1 Å². The van der Waals surface area contributed by atoms with E-state index >= 15 is 0 Å². The summed E-state index contributed by atoms with van der Waals surface area (Å²) in [5.74, 6) is 0.509. The van der Waals surface area contributed by atoms with Crippen LogP contribution < -0.4 is 5.32 Å². The number of carbonyl (C=O) groups is 1. The fraction of sp³-hybridized carbons (Fsp3) is 0.269. The van der Waals surface area contributed by atoms with Gasteiger partial charge in [-0.2, -0.15) is 5.10 Å². The number of hydrogen-bond acceptors (Lipinski definition) is 5. The first kappa shape index (κ1) is 20.4. The van der Waals surface area contributed by atoms with Gasteiger partial charge >= 0.3 is 0 Å². The zero-order valence-corrected chi connectivity index (χ0v) is 19.1. The molecule has 0 spiro atoms. The van der Waals surface area contributed by atoms with Gasteiger partial charge in [-0.3, -0.25) is 19.8 Å². The largest absolute Gasteiger partial charge is 0.351 e. The van der Waals surface area contributed by atoms with Crippen molar-refractivity contribution < 1.29 is 4.79 Å². The SMILES string of the molecule is O=C(NCC1CCN(Cc2ccc3ccccc3n2)CC1)C1=Cc2[nH]nc3cccc(c23)S1. The lowest BCUT2D eigenvalue weighted by Gasteiger charge is -2.31. The highest BCUT2D eigenvalue weighted by Gasteiger charge is 2.23. The average Bonchev–Trinajstić information content (AvgIpc) is 3.28. The minimum absolute atomic E-state index is 0.0000429. The molecule has 2 aromatic heterocycles. The zero-order chi connectivity index (χ0) is 22.2. The van der Waals surface area contributed by atoms with Crippen molar-refractivity contribution >= 4 is 45.6 Å². The molecule has 7 heteroatoms. The van der Waals surface area contributed by atoms with Crippen LogP contribution in [0.3, 0.4) is 0 Å². The van der Waals surface area contributed by atoms with E-state index in [-0.39, 0.29) is 5.91 Å². The second-order valence-electron chi connectivity index (χ2n) is 8.82. The summed E-state index contributed by atoms with van der Waals surface area (Å²) < 4.78 is 0. The molecule has 166 valence electrons. The summed E-state index contributed by atoms with van der Waals surface area (Å²) in [7, 11) is 0. The van der Waals surface area contributed by atoms with Crippen molar-refractivity contribution in [3.8, 4) is 0 Å². The molecule has 1 amide bonds. The molecule has 1 fully saturated rings. The van der Waals surface area contributed by atoms with Gasteiger partial charge in [0, 0.05) is 28.8 Å². The Bertz CT molecular complexity index is 1370. The number of thioether (sulfide) groups is 1. The summed E-state index contributed by atoms with van der Waals surface area (Å²) in [5.41, 5.74) is 4.03. The van der Waals surface area contributed by atoms with E-state index in [9.17, 15) is 4.79 Å². The van der Waals surface area contributed by atoms with E-state index in [2.05, 4.69) is 44.7 Å². The Morgan fingerprint density at radius 1 is 1.06 bits per heavy atom. The van der Waals surface area contributed by atoms with Gasteiger partial charge < -0.3 is 5.32 Å². The third kappa shape index (κ3) is 4.14. The third-order valence-electron chi connectivity index (χ3n) is 6.59. The van der Waals surface area contributed by atoms with Gasteiger partial charge in [0.1, 0.15) is 0 Å². The molecule has 0 saturated carbocycles. The van der Waals surface area contributed by atoms with Crippen molar-refractivity contribution in [2.75, 3.05) is 19.6 Å². The van der Waals surface area contributed by atoms with E-state index in [0.29, 0.717) is 5.92 Å². The van der Waals surface area contributed by atoms with Crippen LogP contribution in [0.5, 0.6) is 0 Å². The van der Waals surface area contributed by atoms with Crippen molar-refractivity contribution in [2.24, 2.45) is 5.92 Å². The second kappa shape index (κ2) is 8.65. The number of amides is 1. The number of fused-ring (bicyclic) bond motifs is 1. The highest BCUT2D eigenvalue weighted by molar-refractivity contribution is 8.04. The Hall–Kier alpha value is -3.16. The van der Waals surface area contributed by atoms with Gasteiger partial charge in [-0.05, 0) is 62.2 Å². The zero-order valence-electron chi connectivity index (χ0n) is 18.3. The smallest absolute Gasteiger partial charge is 0.258 e. The number of likely N-dealkylation sites (tertiary alicyclic amines) is 1.